The van der Waals surface area contributed by atoms with Crippen molar-refractivity contribution < 1.29 is 14.4 Å². The molecule has 31 heavy (non-hydrogen) atoms. The van der Waals surface area contributed by atoms with E-state index >= 15 is 0 Å². The van der Waals surface area contributed by atoms with Crippen LogP contribution in [0.1, 0.15) is 65.3 Å². The fourth-order valence-corrected chi connectivity index (χ4v) is 4.63. The zero-order chi connectivity index (χ0) is 21.8. The van der Waals surface area contributed by atoms with E-state index in [1.54, 1.807) is 24.3 Å². The number of imide groups is 1. The highest BCUT2D eigenvalue weighted by Crippen LogP contribution is 2.28. The number of carbonyl (C=O) groups excluding carboxylic acids is 3. The smallest absolute Gasteiger partial charge is 0.262 e. The van der Waals surface area contributed by atoms with Gasteiger partial charge in [0, 0.05) is 18.3 Å². The monoisotopic (exact) mass is 419 g/mol. The van der Waals surface area contributed by atoms with Crippen LogP contribution in [0.2, 0.25) is 0 Å². The molecule has 3 amide bonds. The predicted molar refractivity (Wildman–Crippen MR) is 120 cm³/mol. The second-order valence-electron chi connectivity index (χ2n) is 8.62. The van der Waals surface area contributed by atoms with E-state index in [-0.39, 0.29) is 12.5 Å². The molecule has 0 radical (unpaired) electrons. The van der Waals surface area contributed by atoms with Crippen LogP contribution in [0, 0.1) is 5.92 Å². The quantitative estimate of drug-likeness (QED) is 0.635. The maximum Gasteiger partial charge on any atom is 0.262 e. The van der Waals surface area contributed by atoms with Crippen LogP contribution in [0.15, 0.2) is 48.5 Å². The number of hydrogen-bond donors (Lipinski definition) is 2. The van der Waals surface area contributed by atoms with Crippen molar-refractivity contribution in [2.75, 3.05) is 11.9 Å². The zero-order valence-electron chi connectivity index (χ0n) is 17.9. The SMILES string of the molecule is CC(CC1CCCC1)NCc1ccccc1NC(=O)CN1C(=O)c2ccccc2C1=O. The predicted octanol–water partition coefficient (Wildman–Crippen LogP) is 3.98. The fraction of sp³-hybridized carbons (Fsp3) is 0.400. The molecule has 0 aromatic heterocycles. The van der Waals surface area contributed by atoms with Gasteiger partial charge >= 0.3 is 0 Å². The van der Waals surface area contributed by atoms with E-state index in [9.17, 15) is 14.4 Å². The summed E-state index contributed by atoms with van der Waals surface area (Å²) in [5, 5.41) is 6.45. The summed E-state index contributed by atoms with van der Waals surface area (Å²) in [5.41, 5.74) is 2.38. The molecule has 1 atom stereocenters. The number of fused-ring (bicyclic) bond motifs is 1. The Balaban J connectivity index is 1.35. The Morgan fingerprint density at radius 3 is 2.29 bits per heavy atom. The highest BCUT2D eigenvalue weighted by Gasteiger charge is 2.36. The molecule has 1 saturated carbocycles. The van der Waals surface area contributed by atoms with Crippen LogP contribution >= 0.6 is 0 Å². The number of nitrogens with zero attached hydrogens (tertiary/aromatic N) is 1. The molecule has 1 heterocycles. The number of benzene rings is 2. The molecule has 2 aliphatic rings. The standard InChI is InChI=1S/C25H29N3O3/c1-17(14-18-8-2-3-9-18)26-15-19-10-4-7-13-22(19)27-23(29)16-28-24(30)20-11-5-6-12-21(20)25(28)31/h4-7,10-13,17-18,26H,2-3,8-9,14-16H2,1H3,(H,27,29). The van der Waals surface area contributed by atoms with Crippen molar-refractivity contribution >= 4 is 23.4 Å². The van der Waals surface area contributed by atoms with Crippen LogP contribution in [-0.4, -0.2) is 35.2 Å². The average molecular weight is 420 g/mol. The van der Waals surface area contributed by atoms with Gasteiger partial charge in [0.1, 0.15) is 6.54 Å². The molecule has 0 bridgehead atoms. The number of nitrogens with one attached hydrogen (secondary N) is 2. The van der Waals surface area contributed by atoms with Crippen molar-refractivity contribution in [2.24, 2.45) is 5.92 Å². The van der Waals surface area contributed by atoms with Gasteiger partial charge in [0.2, 0.25) is 5.91 Å². The molecule has 2 aromatic rings. The lowest BCUT2D eigenvalue weighted by Crippen LogP contribution is -2.37. The highest BCUT2D eigenvalue weighted by molar-refractivity contribution is 6.22. The lowest BCUT2D eigenvalue weighted by Gasteiger charge is -2.19. The van der Waals surface area contributed by atoms with E-state index in [4.69, 9.17) is 0 Å². The summed E-state index contributed by atoms with van der Waals surface area (Å²) in [7, 11) is 0. The molecule has 0 saturated heterocycles. The molecular weight excluding hydrogens is 390 g/mol. The van der Waals surface area contributed by atoms with E-state index in [0.717, 1.165) is 16.4 Å². The van der Waals surface area contributed by atoms with Crippen LogP contribution in [0.4, 0.5) is 5.69 Å². The van der Waals surface area contributed by atoms with Crippen LogP contribution < -0.4 is 10.6 Å². The van der Waals surface area contributed by atoms with E-state index in [1.165, 1.54) is 32.1 Å². The summed E-state index contributed by atoms with van der Waals surface area (Å²) in [6.45, 7) is 2.56. The Labute approximate surface area is 183 Å². The van der Waals surface area contributed by atoms with Crippen molar-refractivity contribution in [1.82, 2.24) is 10.2 Å². The van der Waals surface area contributed by atoms with Crippen molar-refractivity contribution in [3.63, 3.8) is 0 Å². The van der Waals surface area contributed by atoms with Gasteiger partial charge in [-0.3, -0.25) is 19.3 Å². The van der Waals surface area contributed by atoms with Crippen LogP contribution in [-0.2, 0) is 11.3 Å². The first-order valence-corrected chi connectivity index (χ1v) is 11.1. The van der Waals surface area contributed by atoms with Crippen molar-refractivity contribution in [3.8, 4) is 0 Å². The minimum absolute atomic E-state index is 0.299. The van der Waals surface area contributed by atoms with Gasteiger partial charge < -0.3 is 10.6 Å². The van der Waals surface area contributed by atoms with Gasteiger partial charge in [-0.2, -0.15) is 0 Å². The Morgan fingerprint density at radius 2 is 1.61 bits per heavy atom. The zero-order valence-corrected chi connectivity index (χ0v) is 17.9. The van der Waals surface area contributed by atoms with Gasteiger partial charge in [0.05, 0.1) is 11.1 Å². The maximum absolute atomic E-state index is 12.7. The maximum atomic E-state index is 12.7. The summed E-state index contributed by atoms with van der Waals surface area (Å²) in [6, 6.07) is 14.7. The molecule has 2 aromatic carbocycles. The Morgan fingerprint density at radius 1 is 1.00 bits per heavy atom. The fourth-order valence-electron chi connectivity index (χ4n) is 4.63. The number of rotatable bonds is 8. The summed E-state index contributed by atoms with van der Waals surface area (Å²) in [6.07, 6.45) is 6.53. The second-order valence-corrected chi connectivity index (χ2v) is 8.62. The van der Waals surface area contributed by atoms with Crippen molar-refractivity contribution in [1.29, 1.82) is 0 Å². The molecule has 0 spiro atoms. The third kappa shape index (κ3) is 4.85. The van der Waals surface area contributed by atoms with Gasteiger partial charge in [-0.1, -0.05) is 56.0 Å². The second kappa shape index (κ2) is 9.43. The molecule has 6 nitrogen and oxygen atoms in total. The minimum atomic E-state index is -0.425. The molecular formula is C25H29N3O3. The van der Waals surface area contributed by atoms with E-state index in [2.05, 4.69) is 17.6 Å². The number of anilines is 1. The van der Waals surface area contributed by atoms with Gasteiger partial charge in [-0.25, -0.2) is 0 Å². The van der Waals surface area contributed by atoms with Gasteiger partial charge in [-0.15, -0.1) is 0 Å². The largest absolute Gasteiger partial charge is 0.324 e. The molecule has 2 N–H and O–H groups in total. The summed E-state index contributed by atoms with van der Waals surface area (Å²) < 4.78 is 0. The highest BCUT2D eigenvalue weighted by atomic mass is 16.2. The Bertz CT molecular complexity index is 946. The van der Waals surface area contributed by atoms with Crippen molar-refractivity contribution in [2.45, 2.75) is 51.6 Å². The number of hydrogen-bond acceptors (Lipinski definition) is 4. The summed E-state index contributed by atoms with van der Waals surface area (Å²) >= 11 is 0. The molecule has 6 heteroatoms. The third-order valence-electron chi connectivity index (χ3n) is 6.27. The molecule has 4 rings (SSSR count). The first-order valence-electron chi connectivity index (χ1n) is 11.1. The van der Waals surface area contributed by atoms with E-state index in [1.807, 2.05) is 24.3 Å². The number of carbonyl (C=O) groups is 3. The van der Waals surface area contributed by atoms with Gasteiger partial charge in [0.25, 0.3) is 11.8 Å². The normalized spacial score (nSPS) is 17.1. The van der Waals surface area contributed by atoms with Crippen LogP contribution in [0.25, 0.3) is 0 Å². The lowest BCUT2D eigenvalue weighted by molar-refractivity contribution is -0.116. The van der Waals surface area contributed by atoms with Crippen molar-refractivity contribution in [3.05, 3.63) is 65.2 Å². The molecule has 1 unspecified atom stereocenters. The Hall–Kier alpha value is -2.99. The average Bonchev–Trinajstić information content (AvgIpc) is 3.36. The minimum Gasteiger partial charge on any atom is -0.324 e. The first kappa shape index (κ1) is 21.2. The van der Waals surface area contributed by atoms with Crippen LogP contribution in [0.3, 0.4) is 0 Å². The molecule has 1 aliphatic heterocycles. The van der Waals surface area contributed by atoms with E-state index < -0.39 is 11.8 Å². The summed E-state index contributed by atoms with van der Waals surface area (Å²) in [4.78, 5) is 38.7. The lowest BCUT2D eigenvalue weighted by atomic mass is 9.99. The van der Waals surface area contributed by atoms with Gasteiger partial charge in [-0.05, 0) is 43.0 Å². The summed E-state index contributed by atoms with van der Waals surface area (Å²) in [5.74, 6) is -0.420. The Kier molecular flexibility index (Phi) is 6.47. The third-order valence-corrected chi connectivity index (χ3v) is 6.27. The van der Waals surface area contributed by atoms with Gasteiger partial charge in [0.15, 0.2) is 0 Å². The number of amides is 3. The van der Waals surface area contributed by atoms with Crippen LogP contribution in [0.5, 0.6) is 0 Å². The topological polar surface area (TPSA) is 78.5 Å². The molecule has 1 fully saturated rings. The number of para-hydroxylation sites is 1. The van der Waals surface area contributed by atoms with E-state index in [0.29, 0.717) is 29.4 Å². The first-order chi connectivity index (χ1) is 15.0. The molecule has 162 valence electrons. The molecule has 1 aliphatic carbocycles.